The molecule has 2 heterocycles. The first-order valence-corrected chi connectivity index (χ1v) is 21.5. The van der Waals surface area contributed by atoms with Crippen LogP contribution in [0, 0.1) is 0 Å². The average molecular weight is 965 g/mol. The van der Waals surface area contributed by atoms with Crippen LogP contribution in [-0.2, 0) is 69.1 Å². The van der Waals surface area contributed by atoms with Crippen LogP contribution >= 0.6 is 0 Å². The second kappa shape index (κ2) is 21.7. The van der Waals surface area contributed by atoms with E-state index >= 15 is 0 Å². The van der Waals surface area contributed by atoms with E-state index in [-0.39, 0.29) is 19.3 Å². The van der Waals surface area contributed by atoms with Crippen molar-refractivity contribution in [3.63, 3.8) is 0 Å². The van der Waals surface area contributed by atoms with Crippen LogP contribution in [0.15, 0.2) is 91.0 Å². The van der Waals surface area contributed by atoms with Crippen molar-refractivity contribution in [2.75, 3.05) is 27.9 Å². The van der Waals surface area contributed by atoms with E-state index < -0.39 is 113 Å². The van der Waals surface area contributed by atoms with E-state index in [2.05, 4.69) is 0 Å². The van der Waals surface area contributed by atoms with E-state index in [0.29, 0.717) is 52.7 Å². The zero-order chi connectivity index (χ0) is 49.3. The number of ether oxygens (including phenoxy) is 8. The summed E-state index contributed by atoms with van der Waals surface area (Å²) in [7, 11) is 2.09. The summed E-state index contributed by atoms with van der Waals surface area (Å²) in [6.07, 6.45) is -17.8. The Labute approximate surface area is 381 Å². The molecule has 0 aliphatic carbocycles. The third kappa shape index (κ3) is 11.1. The van der Waals surface area contributed by atoms with Crippen LogP contribution in [0.1, 0.15) is 87.8 Å². The molecule has 20 heteroatoms. The molecule has 11 nitrogen and oxygen atoms in total. The Morgan fingerprint density at radius 2 is 1.01 bits per heavy atom. The van der Waals surface area contributed by atoms with Crippen LogP contribution in [0.2, 0.25) is 0 Å². The summed E-state index contributed by atoms with van der Waals surface area (Å²) >= 11 is 0. The summed E-state index contributed by atoms with van der Waals surface area (Å²) in [6.45, 7) is 0.556. The van der Waals surface area contributed by atoms with E-state index in [4.69, 9.17) is 37.9 Å². The highest BCUT2D eigenvalue weighted by atomic mass is 19.4. The van der Waals surface area contributed by atoms with Crippen molar-refractivity contribution in [3.8, 4) is 0 Å². The number of hydrogen-bond donors (Lipinski definition) is 0. The molecule has 0 aromatic heterocycles. The lowest BCUT2D eigenvalue weighted by Crippen LogP contribution is -2.54. The van der Waals surface area contributed by atoms with Crippen molar-refractivity contribution < 1.29 is 91.8 Å². The molecule has 0 saturated carbocycles. The van der Waals surface area contributed by atoms with Gasteiger partial charge in [0.1, 0.15) is 12.2 Å². The maximum atomic E-state index is 14.8. The normalized spacial score (nSPS) is 22.9. The van der Waals surface area contributed by atoms with E-state index in [0.717, 1.165) is 43.5 Å². The molecule has 370 valence electrons. The van der Waals surface area contributed by atoms with Gasteiger partial charge in [-0.1, -0.05) is 91.0 Å². The molecule has 0 bridgehead atoms. The molecule has 0 amide bonds. The Morgan fingerprint density at radius 3 is 1.45 bits per heavy atom. The number of benzene rings is 3. The van der Waals surface area contributed by atoms with E-state index in [1.165, 1.54) is 61.5 Å². The van der Waals surface area contributed by atoms with E-state index in [9.17, 15) is 53.9 Å². The number of esters is 3. The lowest BCUT2D eigenvalue weighted by molar-refractivity contribution is -0.327. The molecule has 0 N–H and O–H groups in total. The largest absolute Gasteiger partial charge is 0.463 e. The molecule has 67 heavy (non-hydrogen) atoms. The Bertz CT molecular complexity index is 2070. The number of carbonyl (C=O) groups is 3. The van der Waals surface area contributed by atoms with Crippen molar-refractivity contribution in [2.24, 2.45) is 0 Å². The van der Waals surface area contributed by atoms with Crippen molar-refractivity contribution in [1.82, 2.24) is 0 Å². The number of hydrogen-bond acceptors (Lipinski definition) is 11. The maximum Gasteiger partial charge on any atom is 0.432 e. The van der Waals surface area contributed by atoms with Gasteiger partial charge in [0.05, 0.1) is 18.8 Å². The molecular weight excluding hydrogens is 911 g/mol. The minimum Gasteiger partial charge on any atom is -0.463 e. The van der Waals surface area contributed by atoms with Gasteiger partial charge in [-0.3, -0.25) is 0 Å². The predicted molar refractivity (Wildman–Crippen MR) is 219 cm³/mol. The zero-order valence-electron chi connectivity index (χ0n) is 37.1. The summed E-state index contributed by atoms with van der Waals surface area (Å²) in [4.78, 5) is 40.4. The molecule has 2 aliphatic heterocycles. The summed E-state index contributed by atoms with van der Waals surface area (Å²) in [5.41, 5.74) is -12.3. The molecule has 2 fully saturated rings. The fourth-order valence-electron chi connectivity index (χ4n) is 8.73. The van der Waals surface area contributed by atoms with Crippen molar-refractivity contribution in [1.29, 1.82) is 0 Å². The minimum absolute atomic E-state index is 0.103. The van der Waals surface area contributed by atoms with Crippen molar-refractivity contribution >= 4 is 17.9 Å². The van der Waals surface area contributed by atoms with Crippen LogP contribution in [-0.4, -0.2) is 94.6 Å². The minimum atomic E-state index is -5.36. The maximum absolute atomic E-state index is 14.8. The van der Waals surface area contributed by atoms with Crippen molar-refractivity contribution in [2.45, 2.75) is 137 Å². The first kappa shape index (κ1) is 53.2. The lowest BCUT2D eigenvalue weighted by atomic mass is 9.90. The molecule has 2 unspecified atom stereocenters. The van der Waals surface area contributed by atoms with Crippen LogP contribution in [0.3, 0.4) is 0 Å². The van der Waals surface area contributed by atoms with Crippen LogP contribution in [0.4, 0.5) is 39.5 Å². The van der Waals surface area contributed by atoms with Gasteiger partial charge in [-0.25, -0.2) is 14.4 Å². The molecule has 3 aromatic rings. The SMILES string of the molecule is COC(C(=O)O[C@H](C)[C@H]1CCCC2(CCC[C@H](CCC[C@@H](CCOC(=O)[C@](OC)(c3ccccc3)C(F)(F)F)OC(=O)[C@](OC)(c3ccccc3)C(F)(F)F)O2)O1)(c1ccccc1)C(F)(F)F. The summed E-state index contributed by atoms with van der Waals surface area (Å²) in [6, 6.07) is 18.2. The first-order chi connectivity index (χ1) is 31.6. The lowest BCUT2D eigenvalue weighted by Gasteiger charge is -2.47. The van der Waals surface area contributed by atoms with Gasteiger partial charge in [-0.15, -0.1) is 0 Å². The van der Waals surface area contributed by atoms with Gasteiger partial charge in [0.15, 0.2) is 5.79 Å². The average Bonchev–Trinajstić information content (AvgIpc) is 3.27. The number of halogens is 9. The van der Waals surface area contributed by atoms with Crippen molar-refractivity contribution in [3.05, 3.63) is 108 Å². The number of carbonyl (C=O) groups excluding carboxylic acids is 3. The molecule has 2 aliphatic rings. The van der Waals surface area contributed by atoms with Crippen LogP contribution < -0.4 is 0 Å². The molecule has 1 spiro atoms. The van der Waals surface area contributed by atoms with E-state index in [1.807, 2.05) is 0 Å². The van der Waals surface area contributed by atoms with E-state index in [1.54, 1.807) is 0 Å². The quantitative estimate of drug-likeness (QED) is 0.0648. The highest BCUT2D eigenvalue weighted by molar-refractivity contribution is 5.84. The highest BCUT2D eigenvalue weighted by Gasteiger charge is 2.66. The Balaban J connectivity index is 1.30. The molecule has 0 radical (unpaired) electrons. The number of methoxy groups -OCH3 is 3. The monoisotopic (exact) mass is 964 g/mol. The van der Waals surface area contributed by atoms with Crippen LogP contribution in [0.5, 0.6) is 0 Å². The second-order valence-electron chi connectivity index (χ2n) is 16.3. The standard InChI is InChI=1S/C47H53F9O11/c1-31(64-39(58)43(61-3,46(51,52)53)33-19-10-6-11-20-33)37-26-16-29-41(67-37)28-15-25-36(66-41)24-14-23-35(65-40(59)44(62-4,47(54,55)56)34-21-12-7-13-22-34)27-30-63-38(57)42(60-2,45(48,49)50)32-17-8-5-9-18-32/h5-13,17-22,31,35-37H,14-16,23-30H2,1-4H3/t31-,35+,36+,37-,41?,42-,43?,44-/m1/s1. The first-order valence-electron chi connectivity index (χ1n) is 21.5. The predicted octanol–water partition coefficient (Wildman–Crippen LogP) is 10.1. The van der Waals surface area contributed by atoms with Gasteiger partial charge < -0.3 is 37.9 Å². The molecule has 8 atom stereocenters. The van der Waals surface area contributed by atoms with Gasteiger partial charge in [0, 0.05) is 57.3 Å². The summed E-state index contributed by atoms with van der Waals surface area (Å²) in [5.74, 6) is -6.66. The molecule has 3 aromatic carbocycles. The smallest absolute Gasteiger partial charge is 0.432 e. The fraction of sp³-hybridized carbons (Fsp3) is 0.553. The Morgan fingerprint density at radius 1 is 0.597 bits per heavy atom. The molecule has 2 saturated heterocycles. The summed E-state index contributed by atoms with van der Waals surface area (Å²) < 4.78 is 175. The van der Waals surface area contributed by atoms with Gasteiger partial charge in [-0.2, -0.15) is 39.5 Å². The molecular formula is C47H53F9O11. The Hall–Kier alpha value is -4.76. The van der Waals surface area contributed by atoms with Gasteiger partial charge >= 0.3 is 36.4 Å². The third-order valence-corrected chi connectivity index (χ3v) is 12.2. The summed E-state index contributed by atoms with van der Waals surface area (Å²) in [5, 5.41) is 0. The van der Waals surface area contributed by atoms with Gasteiger partial charge in [-0.05, 0) is 51.9 Å². The number of rotatable bonds is 19. The zero-order valence-corrected chi connectivity index (χ0v) is 37.1. The topological polar surface area (TPSA) is 125 Å². The second-order valence-corrected chi connectivity index (χ2v) is 16.3. The van der Waals surface area contributed by atoms with Gasteiger partial charge in [0.25, 0.3) is 16.8 Å². The third-order valence-electron chi connectivity index (χ3n) is 12.2. The van der Waals surface area contributed by atoms with Crippen LogP contribution in [0.25, 0.3) is 0 Å². The number of alkyl halides is 9. The molecule has 5 rings (SSSR count). The Kier molecular flexibility index (Phi) is 17.2. The highest BCUT2D eigenvalue weighted by Crippen LogP contribution is 2.47. The van der Waals surface area contributed by atoms with Gasteiger partial charge in [0.2, 0.25) is 0 Å². The fourth-order valence-corrected chi connectivity index (χ4v) is 8.73.